The molecular formula is C23H30N4O6. The molecule has 1 saturated heterocycles. The van der Waals surface area contributed by atoms with Crippen LogP contribution in [0, 0.1) is 0 Å². The molecule has 1 aliphatic heterocycles. The van der Waals surface area contributed by atoms with Crippen molar-refractivity contribution in [2.24, 2.45) is 0 Å². The molecule has 10 nitrogen and oxygen atoms in total. The highest BCUT2D eigenvalue weighted by Crippen LogP contribution is 2.45. The van der Waals surface area contributed by atoms with Crippen LogP contribution >= 0.6 is 0 Å². The van der Waals surface area contributed by atoms with Crippen LogP contribution in [0.1, 0.15) is 27.1 Å². The second-order valence-corrected chi connectivity index (χ2v) is 7.33. The first-order valence-electron chi connectivity index (χ1n) is 10.7. The summed E-state index contributed by atoms with van der Waals surface area (Å²) in [6, 6.07) is 4.81. The fourth-order valence-electron chi connectivity index (χ4n) is 3.57. The Labute approximate surface area is 193 Å². The number of pyridine rings is 1. The number of carbonyl (C=O) groups is 2. The summed E-state index contributed by atoms with van der Waals surface area (Å²) >= 11 is 0. The van der Waals surface area contributed by atoms with Crippen LogP contribution < -0.4 is 24.8 Å². The highest BCUT2D eigenvalue weighted by atomic mass is 16.5. The average Bonchev–Trinajstić information content (AvgIpc) is 2.86. The van der Waals surface area contributed by atoms with E-state index in [-0.39, 0.29) is 28.7 Å². The van der Waals surface area contributed by atoms with Crippen LogP contribution in [-0.2, 0) is 4.74 Å². The Bertz CT molecular complexity index is 948. The summed E-state index contributed by atoms with van der Waals surface area (Å²) < 4.78 is 21.7. The predicted molar refractivity (Wildman–Crippen MR) is 122 cm³/mol. The smallest absolute Gasteiger partial charge is 0.257 e. The van der Waals surface area contributed by atoms with Crippen LogP contribution in [0.25, 0.3) is 0 Å². The maximum atomic E-state index is 13.1. The fourth-order valence-corrected chi connectivity index (χ4v) is 3.57. The van der Waals surface area contributed by atoms with Crippen molar-refractivity contribution in [1.82, 2.24) is 15.2 Å². The monoisotopic (exact) mass is 458 g/mol. The minimum absolute atomic E-state index is 0.188. The lowest BCUT2D eigenvalue weighted by atomic mass is 10.1. The van der Waals surface area contributed by atoms with Gasteiger partial charge < -0.3 is 29.6 Å². The first kappa shape index (κ1) is 24.3. The minimum atomic E-state index is -0.435. The molecule has 0 atom stereocenters. The molecule has 0 aliphatic carbocycles. The Balaban J connectivity index is 1.81. The molecule has 1 aromatic carbocycles. The molecule has 0 spiro atoms. The average molecular weight is 459 g/mol. The summed E-state index contributed by atoms with van der Waals surface area (Å²) in [5.41, 5.74) is 0.731. The zero-order valence-corrected chi connectivity index (χ0v) is 19.2. The number of benzene rings is 1. The number of carbonyl (C=O) groups excluding carboxylic acids is 2. The molecule has 0 radical (unpaired) electrons. The highest BCUT2D eigenvalue weighted by molar-refractivity contribution is 6.11. The number of anilines is 1. The van der Waals surface area contributed by atoms with Gasteiger partial charge in [0.1, 0.15) is 5.69 Å². The summed E-state index contributed by atoms with van der Waals surface area (Å²) in [6.45, 7) is 4.60. The molecule has 1 fully saturated rings. The standard InChI is InChI=1S/C23H30N4O6/c1-30-18-14-17(23(29)25-8-5-9-27-10-12-33-13-11-27)19(21(32-3)20(18)31-2)26-22(28)16-6-4-7-24-15-16/h4,6-7,14-15H,5,8-13H2,1-3H3,(H,25,29)(H,26,28). The molecule has 0 bridgehead atoms. The number of hydrogen-bond acceptors (Lipinski definition) is 8. The van der Waals surface area contributed by atoms with Gasteiger partial charge in [-0.2, -0.15) is 0 Å². The second-order valence-electron chi connectivity index (χ2n) is 7.33. The maximum Gasteiger partial charge on any atom is 0.257 e. The number of morpholine rings is 1. The number of nitrogens with one attached hydrogen (secondary N) is 2. The van der Waals surface area contributed by atoms with Crippen LogP contribution in [0.5, 0.6) is 17.2 Å². The lowest BCUT2D eigenvalue weighted by Crippen LogP contribution is -2.38. The maximum absolute atomic E-state index is 13.1. The highest BCUT2D eigenvalue weighted by Gasteiger charge is 2.26. The molecule has 0 saturated carbocycles. The number of aromatic nitrogens is 1. The van der Waals surface area contributed by atoms with Gasteiger partial charge in [-0.3, -0.25) is 19.5 Å². The van der Waals surface area contributed by atoms with Crippen molar-refractivity contribution in [3.63, 3.8) is 0 Å². The van der Waals surface area contributed by atoms with Gasteiger partial charge in [0, 0.05) is 32.0 Å². The number of ether oxygens (including phenoxy) is 4. The largest absolute Gasteiger partial charge is 0.493 e. The molecule has 178 valence electrons. The van der Waals surface area contributed by atoms with Crippen molar-refractivity contribution >= 4 is 17.5 Å². The number of amides is 2. The van der Waals surface area contributed by atoms with Crippen molar-refractivity contribution in [3.8, 4) is 17.2 Å². The third-order valence-electron chi connectivity index (χ3n) is 5.28. The molecule has 0 unspecified atom stereocenters. The van der Waals surface area contributed by atoms with Crippen LogP contribution in [0.2, 0.25) is 0 Å². The van der Waals surface area contributed by atoms with Gasteiger partial charge in [0.15, 0.2) is 11.5 Å². The Morgan fingerprint density at radius 3 is 2.48 bits per heavy atom. The molecule has 2 heterocycles. The SMILES string of the molecule is COc1cc(C(=O)NCCCN2CCOCC2)c(NC(=O)c2cccnc2)c(OC)c1OC. The quantitative estimate of drug-likeness (QED) is 0.519. The van der Waals surface area contributed by atoms with E-state index in [0.29, 0.717) is 17.9 Å². The van der Waals surface area contributed by atoms with E-state index < -0.39 is 5.91 Å². The lowest BCUT2D eigenvalue weighted by molar-refractivity contribution is 0.0374. The van der Waals surface area contributed by atoms with Gasteiger partial charge in [0.25, 0.3) is 11.8 Å². The summed E-state index contributed by atoms with van der Waals surface area (Å²) in [5.74, 6) is -0.0298. The van der Waals surface area contributed by atoms with Crippen molar-refractivity contribution in [2.45, 2.75) is 6.42 Å². The van der Waals surface area contributed by atoms with Gasteiger partial charge in [-0.05, 0) is 31.2 Å². The molecule has 2 aromatic rings. The number of nitrogens with zero attached hydrogens (tertiary/aromatic N) is 2. The zero-order valence-electron chi connectivity index (χ0n) is 19.2. The predicted octanol–water partition coefficient (Wildman–Crippen LogP) is 1.81. The summed E-state index contributed by atoms with van der Waals surface area (Å²) in [7, 11) is 4.36. The van der Waals surface area contributed by atoms with E-state index in [0.717, 1.165) is 39.3 Å². The fraction of sp³-hybridized carbons (Fsp3) is 0.435. The molecular weight excluding hydrogens is 428 g/mol. The second kappa shape index (κ2) is 12.0. The van der Waals surface area contributed by atoms with Gasteiger partial charge >= 0.3 is 0 Å². The summed E-state index contributed by atoms with van der Waals surface area (Å²) in [6.07, 6.45) is 3.80. The van der Waals surface area contributed by atoms with Crippen LogP contribution in [-0.4, -0.2) is 82.4 Å². The van der Waals surface area contributed by atoms with E-state index in [2.05, 4.69) is 20.5 Å². The van der Waals surface area contributed by atoms with E-state index in [1.54, 1.807) is 18.3 Å². The first-order valence-corrected chi connectivity index (χ1v) is 10.7. The van der Waals surface area contributed by atoms with Crippen molar-refractivity contribution in [3.05, 3.63) is 41.7 Å². The molecule has 2 amide bonds. The minimum Gasteiger partial charge on any atom is -0.493 e. The van der Waals surface area contributed by atoms with Gasteiger partial charge in [0.2, 0.25) is 5.75 Å². The van der Waals surface area contributed by atoms with Gasteiger partial charge in [0.05, 0.1) is 45.7 Å². The topological polar surface area (TPSA) is 111 Å². The van der Waals surface area contributed by atoms with Crippen LogP contribution in [0.4, 0.5) is 5.69 Å². The lowest BCUT2D eigenvalue weighted by Gasteiger charge is -2.26. The van der Waals surface area contributed by atoms with E-state index >= 15 is 0 Å². The van der Waals surface area contributed by atoms with Crippen molar-refractivity contribution in [2.75, 3.05) is 66.0 Å². The van der Waals surface area contributed by atoms with Crippen LogP contribution in [0.3, 0.4) is 0 Å². The molecule has 10 heteroatoms. The van der Waals surface area contributed by atoms with E-state index in [1.807, 2.05) is 0 Å². The number of hydrogen-bond donors (Lipinski definition) is 2. The Morgan fingerprint density at radius 1 is 1.09 bits per heavy atom. The molecule has 1 aliphatic rings. The van der Waals surface area contributed by atoms with Gasteiger partial charge in [-0.15, -0.1) is 0 Å². The summed E-state index contributed by atoms with van der Waals surface area (Å²) in [5, 5.41) is 5.69. The first-order chi connectivity index (χ1) is 16.1. The molecule has 33 heavy (non-hydrogen) atoms. The third kappa shape index (κ3) is 6.11. The van der Waals surface area contributed by atoms with Crippen molar-refractivity contribution in [1.29, 1.82) is 0 Å². The summed E-state index contributed by atoms with van der Waals surface area (Å²) in [4.78, 5) is 32.2. The third-order valence-corrected chi connectivity index (χ3v) is 5.28. The zero-order chi connectivity index (χ0) is 23.6. The van der Waals surface area contributed by atoms with E-state index in [1.165, 1.54) is 33.6 Å². The Hall–Kier alpha value is -3.37. The van der Waals surface area contributed by atoms with Gasteiger partial charge in [-0.25, -0.2) is 0 Å². The van der Waals surface area contributed by atoms with Crippen molar-refractivity contribution < 1.29 is 28.5 Å². The normalized spacial score (nSPS) is 13.8. The number of methoxy groups -OCH3 is 3. The molecule has 1 aromatic heterocycles. The van der Waals surface area contributed by atoms with E-state index in [4.69, 9.17) is 18.9 Å². The Morgan fingerprint density at radius 2 is 1.85 bits per heavy atom. The number of rotatable bonds is 10. The Kier molecular flexibility index (Phi) is 8.85. The van der Waals surface area contributed by atoms with E-state index in [9.17, 15) is 9.59 Å². The molecule has 2 N–H and O–H groups in total. The van der Waals surface area contributed by atoms with Crippen LogP contribution in [0.15, 0.2) is 30.6 Å². The van der Waals surface area contributed by atoms with Gasteiger partial charge in [-0.1, -0.05) is 0 Å². The molecule has 3 rings (SSSR count).